The standard InChI is InChI=1S/C18H19N5O2/c1-2-14-16-13(18(25)22-23-8-3-9-23)10-15(19-17(16)21-20-14)11-4-6-12(24)7-5-11/h4-7,10,24H,2-3,8-9H2,1H3,(H,22,25)(H,19,20,21). The first-order chi connectivity index (χ1) is 12.2. The highest BCUT2D eigenvalue weighted by Gasteiger charge is 2.22. The van der Waals surface area contributed by atoms with E-state index < -0.39 is 0 Å². The zero-order chi connectivity index (χ0) is 17.4. The Hall–Kier alpha value is -2.93. The van der Waals surface area contributed by atoms with Gasteiger partial charge in [0.15, 0.2) is 5.65 Å². The molecule has 1 saturated heterocycles. The van der Waals surface area contributed by atoms with Crippen LogP contribution in [0.5, 0.6) is 5.75 Å². The number of nitrogens with zero attached hydrogens (tertiary/aromatic N) is 3. The van der Waals surface area contributed by atoms with E-state index >= 15 is 0 Å². The van der Waals surface area contributed by atoms with Crippen LogP contribution < -0.4 is 5.43 Å². The molecule has 1 aromatic carbocycles. The number of benzene rings is 1. The molecule has 7 heteroatoms. The van der Waals surface area contributed by atoms with Gasteiger partial charge in [-0.05, 0) is 43.2 Å². The minimum absolute atomic E-state index is 0.150. The molecule has 0 atom stereocenters. The number of aromatic hydroxyl groups is 1. The lowest BCUT2D eigenvalue weighted by Gasteiger charge is -2.30. The minimum atomic E-state index is -0.150. The molecule has 1 fully saturated rings. The highest BCUT2D eigenvalue weighted by Crippen LogP contribution is 2.27. The molecule has 0 saturated carbocycles. The number of hydrogen-bond acceptors (Lipinski definition) is 5. The van der Waals surface area contributed by atoms with Crippen molar-refractivity contribution in [1.29, 1.82) is 0 Å². The Bertz CT molecular complexity index is 929. The van der Waals surface area contributed by atoms with Crippen LogP contribution >= 0.6 is 0 Å². The molecule has 0 bridgehead atoms. The average Bonchev–Trinajstić information content (AvgIpc) is 3.01. The molecule has 0 spiro atoms. The molecule has 4 rings (SSSR count). The fraction of sp³-hybridized carbons (Fsp3) is 0.278. The molecule has 0 aliphatic carbocycles. The number of aryl methyl sites for hydroxylation is 1. The second-order valence-corrected chi connectivity index (χ2v) is 6.13. The van der Waals surface area contributed by atoms with E-state index in [1.807, 2.05) is 11.9 Å². The molecule has 128 valence electrons. The maximum absolute atomic E-state index is 12.8. The van der Waals surface area contributed by atoms with Crippen LogP contribution in [0.1, 0.15) is 29.4 Å². The van der Waals surface area contributed by atoms with Crippen LogP contribution in [0.3, 0.4) is 0 Å². The molecule has 0 radical (unpaired) electrons. The number of phenolic OH excluding ortho intramolecular Hbond substituents is 1. The first-order valence-electron chi connectivity index (χ1n) is 8.39. The molecule has 1 aliphatic heterocycles. The number of phenols is 1. The molecule has 3 aromatic rings. The number of amides is 1. The Labute approximate surface area is 144 Å². The van der Waals surface area contributed by atoms with Gasteiger partial charge >= 0.3 is 0 Å². The molecule has 1 amide bonds. The van der Waals surface area contributed by atoms with Gasteiger partial charge in [-0.15, -0.1) is 0 Å². The zero-order valence-electron chi connectivity index (χ0n) is 13.9. The summed E-state index contributed by atoms with van der Waals surface area (Å²) in [5.41, 5.74) is 6.40. The fourth-order valence-corrected chi connectivity index (χ4v) is 2.94. The largest absolute Gasteiger partial charge is 0.508 e. The van der Waals surface area contributed by atoms with Crippen LogP contribution in [0, 0.1) is 0 Å². The van der Waals surface area contributed by atoms with Crippen molar-refractivity contribution in [2.75, 3.05) is 13.1 Å². The van der Waals surface area contributed by atoms with Gasteiger partial charge < -0.3 is 5.11 Å². The number of carbonyl (C=O) groups excluding carboxylic acids is 1. The summed E-state index contributed by atoms with van der Waals surface area (Å²) >= 11 is 0. The highest BCUT2D eigenvalue weighted by molar-refractivity contribution is 6.07. The van der Waals surface area contributed by atoms with E-state index in [9.17, 15) is 9.90 Å². The second-order valence-electron chi connectivity index (χ2n) is 6.13. The SMILES string of the molecule is CCc1n[nH]c2nc(-c3ccc(O)cc3)cc(C(=O)NN3CCC3)c12. The van der Waals surface area contributed by atoms with Gasteiger partial charge in [-0.25, -0.2) is 9.99 Å². The maximum atomic E-state index is 12.8. The van der Waals surface area contributed by atoms with Gasteiger partial charge in [0.1, 0.15) is 5.75 Å². The van der Waals surface area contributed by atoms with Gasteiger partial charge in [-0.2, -0.15) is 5.10 Å². The monoisotopic (exact) mass is 337 g/mol. The van der Waals surface area contributed by atoms with E-state index in [0.717, 1.165) is 36.2 Å². The fourth-order valence-electron chi connectivity index (χ4n) is 2.94. The number of hydrogen-bond donors (Lipinski definition) is 3. The van der Waals surface area contributed by atoms with Crippen LogP contribution in [0.25, 0.3) is 22.3 Å². The quantitative estimate of drug-likeness (QED) is 0.679. The lowest BCUT2D eigenvalue weighted by molar-refractivity contribution is 0.0644. The van der Waals surface area contributed by atoms with E-state index in [1.54, 1.807) is 30.3 Å². The third-order valence-corrected chi connectivity index (χ3v) is 4.46. The Kier molecular flexibility index (Phi) is 3.85. The molecular weight excluding hydrogens is 318 g/mol. The van der Waals surface area contributed by atoms with Crippen molar-refractivity contribution in [3.8, 4) is 17.0 Å². The van der Waals surface area contributed by atoms with E-state index in [0.29, 0.717) is 23.3 Å². The van der Waals surface area contributed by atoms with Gasteiger partial charge in [0.05, 0.1) is 22.3 Å². The number of hydrazine groups is 1. The van der Waals surface area contributed by atoms with Crippen LogP contribution in [-0.2, 0) is 6.42 Å². The summed E-state index contributed by atoms with van der Waals surface area (Å²) in [4.78, 5) is 17.4. The van der Waals surface area contributed by atoms with Gasteiger partial charge in [0.25, 0.3) is 5.91 Å². The van der Waals surface area contributed by atoms with Crippen molar-refractivity contribution < 1.29 is 9.90 Å². The Morgan fingerprint density at radius 2 is 2.08 bits per heavy atom. The normalized spacial score (nSPS) is 14.4. The zero-order valence-corrected chi connectivity index (χ0v) is 13.9. The van der Waals surface area contributed by atoms with Crippen molar-refractivity contribution in [3.63, 3.8) is 0 Å². The number of rotatable bonds is 4. The Balaban J connectivity index is 1.83. The Morgan fingerprint density at radius 1 is 1.32 bits per heavy atom. The van der Waals surface area contributed by atoms with Crippen molar-refractivity contribution in [1.82, 2.24) is 25.6 Å². The molecule has 1 aliphatic rings. The van der Waals surface area contributed by atoms with Gasteiger partial charge in [-0.3, -0.25) is 15.3 Å². The molecule has 3 heterocycles. The highest BCUT2D eigenvalue weighted by atomic mass is 16.3. The summed E-state index contributed by atoms with van der Waals surface area (Å²) in [7, 11) is 0. The summed E-state index contributed by atoms with van der Waals surface area (Å²) in [5.74, 6) is 0.0404. The smallest absolute Gasteiger partial charge is 0.266 e. The predicted octanol–water partition coefficient (Wildman–Crippen LogP) is 2.24. The van der Waals surface area contributed by atoms with E-state index in [1.165, 1.54) is 0 Å². The summed E-state index contributed by atoms with van der Waals surface area (Å²) < 4.78 is 0. The number of carbonyl (C=O) groups is 1. The first-order valence-corrected chi connectivity index (χ1v) is 8.39. The van der Waals surface area contributed by atoms with Crippen LogP contribution in [0.4, 0.5) is 0 Å². The maximum Gasteiger partial charge on any atom is 0.266 e. The van der Waals surface area contributed by atoms with Crippen molar-refractivity contribution in [3.05, 3.63) is 41.6 Å². The van der Waals surface area contributed by atoms with E-state index in [4.69, 9.17) is 0 Å². The molecular formula is C18H19N5O2. The molecule has 2 aromatic heterocycles. The van der Waals surface area contributed by atoms with Gasteiger partial charge in [0, 0.05) is 18.7 Å². The van der Waals surface area contributed by atoms with Crippen molar-refractivity contribution in [2.24, 2.45) is 0 Å². The lowest BCUT2D eigenvalue weighted by Crippen LogP contribution is -2.50. The minimum Gasteiger partial charge on any atom is -0.508 e. The number of pyridine rings is 1. The van der Waals surface area contributed by atoms with Gasteiger partial charge in [0.2, 0.25) is 0 Å². The first kappa shape index (κ1) is 15.6. The van der Waals surface area contributed by atoms with E-state index in [-0.39, 0.29) is 11.7 Å². The summed E-state index contributed by atoms with van der Waals surface area (Å²) in [5, 5.41) is 19.4. The number of fused-ring (bicyclic) bond motifs is 1. The third kappa shape index (κ3) is 2.83. The summed E-state index contributed by atoms with van der Waals surface area (Å²) in [6.45, 7) is 3.74. The number of H-pyrrole nitrogens is 1. The summed E-state index contributed by atoms with van der Waals surface area (Å²) in [6.07, 6.45) is 1.81. The van der Waals surface area contributed by atoms with Crippen molar-refractivity contribution >= 4 is 16.9 Å². The third-order valence-electron chi connectivity index (χ3n) is 4.46. The van der Waals surface area contributed by atoms with Crippen LogP contribution in [0.15, 0.2) is 30.3 Å². The molecule has 0 unspecified atom stereocenters. The van der Waals surface area contributed by atoms with Crippen LogP contribution in [-0.4, -0.2) is 44.3 Å². The number of aromatic nitrogens is 3. The Morgan fingerprint density at radius 3 is 2.72 bits per heavy atom. The molecule has 7 nitrogen and oxygen atoms in total. The van der Waals surface area contributed by atoms with E-state index in [2.05, 4.69) is 20.6 Å². The number of aromatic amines is 1. The lowest BCUT2D eigenvalue weighted by atomic mass is 10.0. The van der Waals surface area contributed by atoms with Gasteiger partial charge in [-0.1, -0.05) is 6.92 Å². The second kappa shape index (κ2) is 6.18. The molecule has 3 N–H and O–H groups in total. The number of nitrogens with one attached hydrogen (secondary N) is 2. The average molecular weight is 337 g/mol. The predicted molar refractivity (Wildman–Crippen MR) is 94.0 cm³/mol. The summed E-state index contributed by atoms with van der Waals surface area (Å²) in [6, 6.07) is 8.55. The van der Waals surface area contributed by atoms with Crippen molar-refractivity contribution in [2.45, 2.75) is 19.8 Å². The topological polar surface area (TPSA) is 94.1 Å². The molecule has 25 heavy (non-hydrogen) atoms. The van der Waals surface area contributed by atoms with Crippen LogP contribution in [0.2, 0.25) is 0 Å².